The summed E-state index contributed by atoms with van der Waals surface area (Å²) in [5, 5.41) is 0.547. The van der Waals surface area contributed by atoms with Gasteiger partial charge in [-0.1, -0.05) is 43.5 Å². The highest BCUT2D eigenvalue weighted by atomic mass is 35.5. The molecule has 2 aromatic carbocycles. The van der Waals surface area contributed by atoms with Gasteiger partial charge in [0.2, 0.25) is 0 Å². The van der Waals surface area contributed by atoms with Gasteiger partial charge in [0.05, 0.1) is 17.7 Å². The fourth-order valence-electron chi connectivity index (χ4n) is 2.10. The lowest BCUT2D eigenvalue weighted by Crippen LogP contribution is -2.16. The first kappa shape index (κ1) is 18.0. The van der Waals surface area contributed by atoms with Gasteiger partial charge < -0.3 is 9.47 Å². The van der Waals surface area contributed by atoms with Crippen molar-refractivity contribution in [3.63, 3.8) is 0 Å². The molecule has 0 saturated carbocycles. The van der Waals surface area contributed by atoms with Gasteiger partial charge in [-0.3, -0.25) is 0 Å². The number of carbonyl (C=O) groups excluding carboxylic acids is 2. The number of carbonyl (C=O) groups is 2. The van der Waals surface area contributed by atoms with Gasteiger partial charge in [-0.25, -0.2) is 9.59 Å². The van der Waals surface area contributed by atoms with Crippen molar-refractivity contribution in [3.05, 3.63) is 64.7 Å². The van der Waals surface area contributed by atoms with Crippen molar-refractivity contribution >= 4 is 23.5 Å². The average molecular weight is 347 g/mol. The molecule has 0 atom stereocenters. The second-order valence-electron chi connectivity index (χ2n) is 5.23. The van der Waals surface area contributed by atoms with Crippen molar-refractivity contribution in [2.24, 2.45) is 0 Å². The van der Waals surface area contributed by atoms with E-state index in [1.807, 2.05) is 0 Å². The summed E-state index contributed by atoms with van der Waals surface area (Å²) in [6.45, 7) is 2.41. The van der Waals surface area contributed by atoms with Crippen LogP contribution in [0.15, 0.2) is 48.5 Å². The number of hydrogen-bond acceptors (Lipinski definition) is 4. The zero-order valence-corrected chi connectivity index (χ0v) is 14.2. The first-order valence-corrected chi connectivity index (χ1v) is 8.23. The van der Waals surface area contributed by atoms with Gasteiger partial charge in [0.1, 0.15) is 5.75 Å². The van der Waals surface area contributed by atoms with E-state index in [-0.39, 0.29) is 11.1 Å². The van der Waals surface area contributed by atoms with Gasteiger partial charge in [0.15, 0.2) is 0 Å². The molecule has 0 saturated heterocycles. The molecule has 2 rings (SSSR count). The number of rotatable bonds is 7. The fraction of sp³-hybridized carbons (Fsp3) is 0.263. The van der Waals surface area contributed by atoms with Crippen molar-refractivity contribution in [1.82, 2.24) is 0 Å². The standard InChI is InChI=1S/C19H19ClO4/c1-2-3-6-13-23-18(21)16-7-4-5-8-17(16)19(22)24-15-11-9-14(20)10-12-15/h4-5,7-12H,2-3,6,13H2,1H3. The molecular formula is C19H19ClO4. The molecule has 0 fully saturated rings. The van der Waals surface area contributed by atoms with Crippen molar-refractivity contribution < 1.29 is 19.1 Å². The highest BCUT2D eigenvalue weighted by molar-refractivity contribution is 6.30. The Labute approximate surface area is 146 Å². The van der Waals surface area contributed by atoms with Crippen molar-refractivity contribution in [2.75, 3.05) is 6.61 Å². The van der Waals surface area contributed by atoms with E-state index in [9.17, 15) is 9.59 Å². The molecule has 0 bridgehead atoms. The van der Waals surface area contributed by atoms with Crippen LogP contribution in [-0.4, -0.2) is 18.5 Å². The molecule has 0 amide bonds. The maximum Gasteiger partial charge on any atom is 0.344 e. The zero-order chi connectivity index (χ0) is 17.4. The summed E-state index contributed by atoms with van der Waals surface area (Å²) in [5.74, 6) is -0.774. The van der Waals surface area contributed by atoms with Gasteiger partial charge >= 0.3 is 11.9 Å². The molecule has 4 nitrogen and oxygen atoms in total. The number of ether oxygens (including phenoxy) is 2. The topological polar surface area (TPSA) is 52.6 Å². The predicted octanol–water partition coefficient (Wildman–Crippen LogP) is 4.91. The molecule has 2 aromatic rings. The monoisotopic (exact) mass is 346 g/mol. The van der Waals surface area contributed by atoms with Crippen LogP contribution in [0.25, 0.3) is 0 Å². The minimum atomic E-state index is -0.613. The highest BCUT2D eigenvalue weighted by Gasteiger charge is 2.19. The maximum absolute atomic E-state index is 12.3. The summed E-state index contributed by atoms with van der Waals surface area (Å²) in [7, 11) is 0. The molecule has 0 aromatic heterocycles. The van der Waals surface area contributed by atoms with Gasteiger partial charge in [-0.2, -0.15) is 0 Å². The van der Waals surface area contributed by atoms with E-state index in [4.69, 9.17) is 21.1 Å². The largest absolute Gasteiger partial charge is 0.462 e. The van der Waals surface area contributed by atoms with Crippen LogP contribution in [0.4, 0.5) is 0 Å². The first-order valence-electron chi connectivity index (χ1n) is 7.85. The van der Waals surface area contributed by atoms with E-state index in [0.29, 0.717) is 17.4 Å². The summed E-state index contributed by atoms with van der Waals surface area (Å²) in [6.07, 6.45) is 2.84. The van der Waals surface area contributed by atoms with E-state index in [1.54, 1.807) is 48.5 Å². The van der Waals surface area contributed by atoms with Gasteiger partial charge in [-0.05, 0) is 42.8 Å². The van der Waals surface area contributed by atoms with Crippen LogP contribution in [0, 0.1) is 0 Å². The van der Waals surface area contributed by atoms with E-state index >= 15 is 0 Å². The average Bonchev–Trinajstić information content (AvgIpc) is 2.60. The lowest BCUT2D eigenvalue weighted by Gasteiger charge is -2.09. The first-order chi connectivity index (χ1) is 11.6. The summed E-state index contributed by atoms with van der Waals surface area (Å²) in [6, 6.07) is 12.9. The Balaban J connectivity index is 2.08. The van der Waals surface area contributed by atoms with Gasteiger partial charge in [0.25, 0.3) is 0 Å². The van der Waals surface area contributed by atoms with Gasteiger partial charge in [-0.15, -0.1) is 0 Å². The number of esters is 2. The molecular weight excluding hydrogens is 328 g/mol. The van der Waals surface area contributed by atoms with Crippen LogP contribution in [0.2, 0.25) is 5.02 Å². The SMILES string of the molecule is CCCCCOC(=O)c1ccccc1C(=O)Oc1ccc(Cl)cc1. The smallest absolute Gasteiger partial charge is 0.344 e. The van der Waals surface area contributed by atoms with Crippen molar-refractivity contribution in [3.8, 4) is 5.75 Å². The minimum absolute atomic E-state index is 0.174. The number of unbranched alkanes of at least 4 members (excludes halogenated alkanes) is 2. The molecule has 24 heavy (non-hydrogen) atoms. The van der Waals surface area contributed by atoms with E-state index in [1.165, 1.54) is 0 Å². The summed E-state index contributed by atoms with van der Waals surface area (Å²) < 4.78 is 10.5. The third-order valence-electron chi connectivity index (χ3n) is 3.37. The molecule has 0 heterocycles. The summed E-state index contributed by atoms with van der Waals surface area (Å²) in [5.41, 5.74) is 0.376. The minimum Gasteiger partial charge on any atom is -0.462 e. The van der Waals surface area contributed by atoms with E-state index in [2.05, 4.69) is 6.92 Å². The predicted molar refractivity (Wildman–Crippen MR) is 92.7 cm³/mol. The third-order valence-corrected chi connectivity index (χ3v) is 3.62. The Kier molecular flexibility index (Phi) is 6.82. The second kappa shape index (κ2) is 9.08. The number of hydrogen-bond donors (Lipinski definition) is 0. The Morgan fingerprint density at radius 1 is 0.917 bits per heavy atom. The lowest BCUT2D eigenvalue weighted by molar-refractivity contribution is 0.0490. The fourth-order valence-corrected chi connectivity index (χ4v) is 2.22. The van der Waals surface area contributed by atoms with E-state index in [0.717, 1.165) is 19.3 Å². The van der Waals surface area contributed by atoms with Crippen LogP contribution in [-0.2, 0) is 4.74 Å². The molecule has 0 spiro atoms. The number of halogens is 1. The Bertz CT molecular complexity index is 695. The highest BCUT2D eigenvalue weighted by Crippen LogP contribution is 2.18. The van der Waals surface area contributed by atoms with Crippen molar-refractivity contribution in [2.45, 2.75) is 26.2 Å². The normalized spacial score (nSPS) is 10.2. The summed E-state index contributed by atoms with van der Waals surface area (Å²) in [4.78, 5) is 24.5. The Hall–Kier alpha value is -2.33. The quantitative estimate of drug-likeness (QED) is 0.406. The molecule has 126 valence electrons. The van der Waals surface area contributed by atoms with E-state index < -0.39 is 11.9 Å². The van der Waals surface area contributed by atoms with Crippen LogP contribution >= 0.6 is 11.6 Å². The molecule has 0 aliphatic heterocycles. The number of benzene rings is 2. The molecule has 0 radical (unpaired) electrons. The summed E-state index contributed by atoms with van der Waals surface area (Å²) >= 11 is 5.80. The molecule has 0 unspecified atom stereocenters. The third kappa shape index (κ3) is 5.10. The Morgan fingerprint density at radius 3 is 2.17 bits per heavy atom. The zero-order valence-electron chi connectivity index (χ0n) is 13.5. The van der Waals surface area contributed by atoms with Crippen molar-refractivity contribution in [1.29, 1.82) is 0 Å². The lowest BCUT2D eigenvalue weighted by atomic mass is 10.1. The van der Waals surface area contributed by atoms with Gasteiger partial charge in [0, 0.05) is 5.02 Å². The van der Waals surface area contributed by atoms with Crippen LogP contribution in [0.5, 0.6) is 5.75 Å². The maximum atomic E-state index is 12.3. The van der Waals surface area contributed by atoms with Crippen LogP contribution in [0.3, 0.4) is 0 Å². The van der Waals surface area contributed by atoms with Crippen LogP contribution in [0.1, 0.15) is 46.9 Å². The second-order valence-corrected chi connectivity index (χ2v) is 5.67. The molecule has 0 aliphatic carbocycles. The molecule has 0 aliphatic rings. The molecule has 5 heteroatoms. The molecule has 0 N–H and O–H groups in total. The van der Waals surface area contributed by atoms with Crippen LogP contribution < -0.4 is 4.74 Å². The Morgan fingerprint density at radius 2 is 1.54 bits per heavy atom.